The first-order valence-corrected chi connectivity index (χ1v) is 11.2. The Morgan fingerprint density at radius 1 is 1.16 bits per heavy atom. The third kappa shape index (κ3) is 4.82. The Labute approximate surface area is 210 Å². The van der Waals surface area contributed by atoms with Crippen molar-refractivity contribution in [3.05, 3.63) is 70.7 Å². The highest BCUT2D eigenvalue weighted by Crippen LogP contribution is 2.26. The highest BCUT2D eigenvalue weighted by Gasteiger charge is 2.30. The quantitative estimate of drug-likeness (QED) is 0.278. The fourth-order valence-corrected chi connectivity index (χ4v) is 3.83. The first kappa shape index (κ1) is 23.5. The minimum absolute atomic E-state index is 0.00730. The van der Waals surface area contributed by atoms with E-state index in [0.29, 0.717) is 12.3 Å². The zero-order valence-corrected chi connectivity index (χ0v) is 19.6. The van der Waals surface area contributed by atoms with E-state index in [4.69, 9.17) is 20.6 Å². The number of fused-ring (bicyclic) bond motifs is 1. The molecule has 3 aliphatic heterocycles. The lowest BCUT2D eigenvalue weighted by Crippen LogP contribution is -2.48. The number of aliphatic imine (C=N–C) groups is 3. The normalized spacial score (nSPS) is 16.6. The summed E-state index contributed by atoms with van der Waals surface area (Å²) >= 11 is 0. The number of carboxylic acids is 1. The first-order valence-electron chi connectivity index (χ1n) is 11.2. The third-order valence-electron chi connectivity index (χ3n) is 5.62. The van der Waals surface area contributed by atoms with Gasteiger partial charge in [-0.05, 0) is 24.3 Å². The van der Waals surface area contributed by atoms with Gasteiger partial charge in [0.2, 0.25) is 5.91 Å². The van der Waals surface area contributed by atoms with Crippen molar-refractivity contribution in [1.29, 1.82) is 5.41 Å². The minimum Gasteiger partial charge on any atom is -0.478 e. The van der Waals surface area contributed by atoms with Gasteiger partial charge in [0.15, 0.2) is 5.84 Å². The lowest BCUT2D eigenvalue weighted by atomic mass is 10.1. The number of hydrogen-bond acceptors (Lipinski definition) is 10. The summed E-state index contributed by atoms with van der Waals surface area (Å²) in [4.78, 5) is 38.9. The van der Waals surface area contributed by atoms with Gasteiger partial charge in [0.05, 0.1) is 6.54 Å². The van der Waals surface area contributed by atoms with Crippen LogP contribution in [0, 0.1) is 5.41 Å². The molecule has 3 heterocycles. The number of ether oxygens (including phenoxy) is 2. The number of rotatable bonds is 6. The summed E-state index contributed by atoms with van der Waals surface area (Å²) < 4.78 is 11.8. The van der Waals surface area contributed by atoms with Crippen LogP contribution in [0.25, 0.3) is 0 Å². The van der Waals surface area contributed by atoms with E-state index in [1.165, 1.54) is 18.2 Å². The van der Waals surface area contributed by atoms with E-state index >= 15 is 0 Å². The lowest BCUT2D eigenvalue weighted by Gasteiger charge is -2.25. The van der Waals surface area contributed by atoms with Gasteiger partial charge in [-0.3, -0.25) is 25.5 Å². The van der Waals surface area contributed by atoms with Crippen LogP contribution in [0.2, 0.25) is 0 Å². The van der Waals surface area contributed by atoms with Crippen LogP contribution < -0.4 is 25.8 Å². The van der Waals surface area contributed by atoms with E-state index in [9.17, 15) is 14.7 Å². The number of carbonyl (C=O) groups excluding carboxylic acids is 1. The zero-order chi connectivity index (χ0) is 26.1. The topological polar surface area (TPSA) is 187 Å². The van der Waals surface area contributed by atoms with Gasteiger partial charge >= 0.3 is 12.0 Å². The van der Waals surface area contributed by atoms with Crippen molar-refractivity contribution in [1.82, 2.24) is 15.5 Å². The van der Waals surface area contributed by atoms with Crippen LogP contribution >= 0.6 is 0 Å². The second-order valence-corrected chi connectivity index (χ2v) is 8.22. The highest BCUT2D eigenvalue weighted by atomic mass is 16.5. The largest absolute Gasteiger partial charge is 0.478 e. The van der Waals surface area contributed by atoms with Crippen molar-refractivity contribution in [3.63, 3.8) is 0 Å². The average Bonchev–Trinajstić information content (AvgIpc) is 3.30. The van der Waals surface area contributed by atoms with E-state index in [1.54, 1.807) is 6.07 Å². The van der Waals surface area contributed by atoms with Crippen LogP contribution in [0.15, 0.2) is 69.0 Å². The Bertz CT molecular complexity index is 1460. The molecule has 2 aromatic rings. The molecule has 37 heavy (non-hydrogen) atoms. The first-order chi connectivity index (χ1) is 17.8. The number of carbonyl (C=O) groups is 2. The van der Waals surface area contributed by atoms with E-state index in [2.05, 4.69) is 25.6 Å². The number of nitrogens with zero attached hydrogens (tertiary/aromatic N) is 4. The second-order valence-electron chi connectivity index (χ2n) is 8.22. The fraction of sp³-hybridized carbons (Fsp3) is 0.167. The number of nitrogens with two attached hydrogens (primary N) is 1. The van der Waals surface area contributed by atoms with Crippen molar-refractivity contribution in [2.24, 2.45) is 20.7 Å². The summed E-state index contributed by atoms with van der Waals surface area (Å²) in [6.45, 7) is 1.42. The maximum Gasteiger partial charge on any atom is 0.339 e. The van der Waals surface area contributed by atoms with Gasteiger partial charge in [-0.1, -0.05) is 18.2 Å². The van der Waals surface area contributed by atoms with Gasteiger partial charge in [0, 0.05) is 24.7 Å². The molecule has 0 atom stereocenters. The van der Waals surface area contributed by atoms with Crippen LogP contribution in [0.5, 0.6) is 11.5 Å². The summed E-state index contributed by atoms with van der Waals surface area (Å²) in [5.41, 5.74) is 6.61. The number of nitrogen functional groups attached to an aromatic ring is 1. The van der Waals surface area contributed by atoms with Crippen molar-refractivity contribution >= 4 is 35.4 Å². The monoisotopic (exact) mass is 502 g/mol. The van der Waals surface area contributed by atoms with Crippen LogP contribution in [0.3, 0.4) is 0 Å². The third-order valence-corrected chi connectivity index (χ3v) is 5.62. The number of amides is 1. The van der Waals surface area contributed by atoms with E-state index in [1.807, 2.05) is 30.1 Å². The molecular formula is C24H22N8O5. The standard InChI is InChI=1S/C24H22N8O5/c1-32-8-7-27-21(32)13-3-2-4-14(9-13)36-24-30-20-18(29-17(33)11-28-20)22(31-24)37-16-10-12(19(25)26)5-6-15(16)23(34)35/h2-6,9-10H,7-8,11H2,1H3,(H3,25,26)(H,29,33)(H,34,35)(H,28,30,31). The Hall–Kier alpha value is -5.20. The Balaban J connectivity index is 1.51. The maximum atomic E-state index is 12.0. The number of aromatic carboxylic acids is 1. The zero-order valence-electron chi connectivity index (χ0n) is 19.6. The molecule has 0 bridgehead atoms. The highest BCUT2D eigenvalue weighted by molar-refractivity contribution is 6.13. The molecule has 1 amide bonds. The van der Waals surface area contributed by atoms with Crippen LogP contribution in [-0.4, -0.2) is 72.1 Å². The summed E-state index contributed by atoms with van der Waals surface area (Å²) in [6.07, 6.45) is 0. The number of nitrogens with one attached hydrogen (secondary N) is 3. The number of hydrogen-bond donors (Lipinski definition) is 5. The molecular weight excluding hydrogens is 480 g/mol. The molecule has 3 aliphatic rings. The van der Waals surface area contributed by atoms with Gasteiger partial charge in [-0.2, -0.15) is 4.99 Å². The average molecular weight is 502 g/mol. The van der Waals surface area contributed by atoms with Gasteiger partial charge in [-0.25, -0.2) is 4.79 Å². The molecule has 188 valence electrons. The van der Waals surface area contributed by atoms with Gasteiger partial charge in [0.25, 0.3) is 5.88 Å². The summed E-state index contributed by atoms with van der Waals surface area (Å²) in [5.74, 6) is -0.676. The Kier molecular flexibility index (Phi) is 6.01. The van der Waals surface area contributed by atoms with Crippen LogP contribution in [0.1, 0.15) is 21.5 Å². The van der Waals surface area contributed by atoms with Crippen LogP contribution in [-0.2, 0) is 4.79 Å². The summed E-state index contributed by atoms with van der Waals surface area (Å²) in [5, 5.41) is 22.8. The molecule has 6 N–H and O–H groups in total. The minimum atomic E-state index is -1.26. The number of benzene rings is 2. The van der Waals surface area contributed by atoms with Gasteiger partial charge in [-0.15, -0.1) is 0 Å². The molecule has 0 saturated carbocycles. The molecule has 13 heteroatoms. The Morgan fingerprint density at radius 2 is 2.00 bits per heavy atom. The SMILES string of the molecule is CN1CCN=C1c1cccc(OC2=NC(Oc3cc(C(=N)N)ccc3C(=O)O)=C3NC(=O)CN=C3N2)c1. The molecule has 0 saturated heterocycles. The number of carboxylic acid groups (broad SMARTS) is 1. The fourth-order valence-electron chi connectivity index (χ4n) is 3.83. The molecule has 13 nitrogen and oxygen atoms in total. The number of likely N-dealkylation sites (N-methyl/N-ethyl adjacent to an activating group) is 1. The molecule has 0 spiro atoms. The molecule has 0 fully saturated rings. The van der Waals surface area contributed by atoms with Crippen molar-refractivity contribution < 1.29 is 24.2 Å². The van der Waals surface area contributed by atoms with Crippen molar-refractivity contribution in [2.45, 2.75) is 0 Å². The predicted octanol–water partition coefficient (Wildman–Crippen LogP) is 0.475. The molecule has 2 aromatic carbocycles. The van der Waals surface area contributed by atoms with Crippen molar-refractivity contribution in [2.75, 3.05) is 26.7 Å². The lowest BCUT2D eigenvalue weighted by molar-refractivity contribution is -0.119. The molecule has 0 unspecified atom stereocenters. The molecule has 0 radical (unpaired) electrons. The summed E-state index contributed by atoms with van der Waals surface area (Å²) in [6, 6.07) is 11.3. The summed E-state index contributed by atoms with van der Waals surface area (Å²) in [7, 11) is 1.96. The van der Waals surface area contributed by atoms with Gasteiger partial charge < -0.3 is 30.5 Å². The van der Waals surface area contributed by atoms with E-state index in [-0.39, 0.29) is 52.7 Å². The smallest absolute Gasteiger partial charge is 0.339 e. The number of amidine groups is 4. The predicted molar refractivity (Wildman–Crippen MR) is 134 cm³/mol. The van der Waals surface area contributed by atoms with Gasteiger partial charge in [0.1, 0.15) is 41.0 Å². The van der Waals surface area contributed by atoms with Crippen LogP contribution in [0.4, 0.5) is 0 Å². The second kappa shape index (κ2) is 9.45. The molecule has 0 aliphatic carbocycles. The van der Waals surface area contributed by atoms with E-state index in [0.717, 1.165) is 17.9 Å². The molecule has 5 rings (SSSR count). The van der Waals surface area contributed by atoms with Crippen molar-refractivity contribution in [3.8, 4) is 11.5 Å². The molecule has 0 aromatic heterocycles. The Morgan fingerprint density at radius 3 is 2.73 bits per heavy atom. The maximum absolute atomic E-state index is 12.0. The van der Waals surface area contributed by atoms with E-state index < -0.39 is 11.9 Å².